The first-order valence-electron chi connectivity index (χ1n) is 10.3. The van der Waals surface area contributed by atoms with Crippen LogP contribution in [0.5, 0.6) is 0 Å². The van der Waals surface area contributed by atoms with Gasteiger partial charge in [-0.15, -0.1) is 0 Å². The lowest BCUT2D eigenvalue weighted by Gasteiger charge is -2.24. The Morgan fingerprint density at radius 3 is 2.15 bits per heavy atom. The second-order valence-corrected chi connectivity index (χ2v) is 8.12. The fraction of sp³-hybridized carbons (Fsp3) is 0.208. The van der Waals surface area contributed by atoms with E-state index in [4.69, 9.17) is 0 Å². The maximum Gasteiger partial charge on any atom is 0.762 e. The molecule has 0 unspecified atom stereocenters. The van der Waals surface area contributed by atoms with Crippen molar-refractivity contribution in [2.45, 2.75) is 26.2 Å². The molecule has 4 rings (SSSR count). The normalized spacial score (nSPS) is 18.7. The summed E-state index contributed by atoms with van der Waals surface area (Å²) in [6.07, 6.45) is 7.41. The molecule has 1 aromatic carbocycles. The van der Waals surface area contributed by atoms with Crippen molar-refractivity contribution in [1.82, 2.24) is 5.32 Å². The minimum absolute atomic E-state index is 0. The number of fused-ring (bicyclic) bond motifs is 1. The number of hydrogen-bond donors (Lipinski definition) is 1. The molecule has 1 aromatic heterocycles. The van der Waals surface area contributed by atoms with Gasteiger partial charge in [-0.2, -0.15) is 4.57 Å². The summed E-state index contributed by atoms with van der Waals surface area (Å²) >= 11 is 0. The number of nitrogens with one attached hydrogen (secondary N) is 1. The molecule has 10 heteroatoms. The number of carbonyl (C=O) groups is 2. The van der Waals surface area contributed by atoms with E-state index in [2.05, 4.69) is 36.2 Å². The molecule has 178 valence electrons. The van der Waals surface area contributed by atoms with E-state index in [0.717, 1.165) is 5.70 Å². The average Bonchev–Trinajstić information content (AvgIpc) is 2.94. The topological polar surface area (TPSA) is 53.3 Å². The lowest BCUT2D eigenvalue weighted by Crippen LogP contribution is -3.00. The number of pyridine rings is 1. The van der Waals surface area contributed by atoms with Crippen LogP contribution in [0.15, 0.2) is 83.9 Å². The molecule has 0 bridgehead atoms. The number of rotatable bonds is 2. The van der Waals surface area contributed by atoms with E-state index in [9.17, 15) is 22.5 Å². The molecule has 0 saturated carbocycles. The van der Waals surface area contributed by atoms with Crippen molar-refractivity contribution in [3.8, 4) is 0 Å². The highest BCUT2D eigenvalue weighted by Gasteiger charge is 2.38. The smallest absolute Gasteiger partial charge is 0.762 e. The van der Waals surface area contributed by atoms with Gasteiger partial charge in [-0.25, -0.2) is 0 Å². The van der Waals surface area contributed by atoms with E-state index >= 15 is 0 Å². The van der Waals surface area contributed by atoms with Gasteiger partial charge < -0.3 is 9.60 Å². The molecule has 2 aromatic rings. The first-order valence-corrected chi connectivity index (χ1v) is 10.3. The van der Waals surface area contributed by atoms with E-state index in [1.165, 1.54) is 11.3 Å². The lowest BCUT2D eigenvalue weighted by molar-refractivity contribution is -0.578. The summed E-state index contributed by atoms with van der Waals surface area (Å²) in [6.45, 7) is 6.17. The van der Waals surface area contributed by atoms with E-state index in [1.54, 1.807) is 17.0 Å². The molecule has 3 heterocycles. The Morgan fingerprint density at radius 2 is 1.56 bits per heavy atom. The van der Waals surface area contributed by atoms with Crippen molar-refractivity contribution in [3.63, 3.8) is 0 Å². The highest BCUT2D eigenvalue weighted by molar-refractivity contribution is 6.33. The summed E-state index contributed by atoms with van der Waals surface area (Å²) in [7, 11) is -1.63. The standard InChI is InChI=1S/C24H23N3O2.BF3.FH/c1-16-17(22(28)25-23(29)21(16)27-14-8-5-9-15-27)12-13-20-24(2,3)18-10-6-7-11-19(18)26(20)4;2-1(3)4;/h5-15H,1-4H3;;1H/b17-12+,20-13-;;. The first kappa shape index (κ1) is 26.6. The summed E-state index contributed by atoms with van der Waals surface area (Å²) < 4.78 is 30.7. The van der Waals surface area contributed by atoms with Crippen LogP contribution in [0, 0.1) is 0 Å². The van der Waals surface area contributed by atoms with Gasteiger partial charge in [0.2, 0.25) is 0 Å². The first-order chi connectivity index (χ1) is 15.6. The number of nitrogens with zero attached hydrogens (tertiary/aromatic N) is 2. The summed E-state index contributed by atoms with van der Waals surface area (Å²) in [5.74, 6) is -0.764. The molecule has 34 heavy (non-hydrogen) atoms. The third-order valence-electron chi connectivity index (χ3n) is 5.77. The van der Waals surface area contributed by atoms with Crippen molar-refractivity contribution in [2.75, 3.05) is 11.9 Å². The third kappa shape index (κ3) is 5.11. The molecule has 0 radical (unpaired) electrons. The number of amides is 2. The number of carbonyl (C=O) groups excluding carboxylic acids is 2. The van der Waals surface area contributed by atoms with Crippen molar-refractivity contribution in [1.29, 1.82) is 0 Å². The Labute approximate surface area is 195 Å². The number of anilines is 1. The maximum absolute atomic E-state index is 12.6. The predicted molar refractivity (Wildman–Crippen MR) is 122 cm³/mol. The highest BCUT2D eigenvalue weighted by Crippen LogP contribution is 2.46. The molecular formula is C24H24BF4N3O2. The minimum atomic E-state index is -3.67. The molecule has 0 aliphatic carbocycles. The quantitative estimate of drug-likeness (QED) is 0.233. The van der Waals surface area contributed by atoms with Gasteiger partial charge in [-0.05, 0) is 30.7 Å². The molecule has 2 amide bonds. The predicted octanol–water partition coefficient (Wildman–Crippen LogP) is 0.983. The number of allylic oxidation sites excluding steroid dienone is 3. The molecule has 0 spiro atoms. The number of aromatic nitrogens is 1. The van der Waals surface area contributed by atoms with E-state index in [1.807, 2.05) is 56.5 Å². The summed E-state index contributed by atoms with van der Waals surface area (Å²) in [5.41, 5.74) is 4.93. The van der Waals surface area contributed by atoms with Crippen LogP contribution in [0.3, 0.4) is 0 Å². The Morgan fingerprint density at radius 1 is 0.971 bits per heavy atom. The van der Waals surface area contributed by atoms with Gasteiger partial charge in [-0.1, -0.05) is 38.1 Å². The van der Waals surface area contributed by atoms with E-state index in [0.29, 0.717) is 16.8 Å². The van der Waals surface area contributed by atoms with Gasteiger partial charge in [0.05, 0.1) is 0 Å². The maximum atomic E-state index is 12.6. The van der Waals surface area contributed by atoms with Gasteiger partial charge >= 0.3 is 13.5 Å². The monoisotopic (exact) mass is 473 g/mol. The molecule has 0 fully saturated rings. The van der Waals surface area contributed by atoms with Crippen molar-refractivity contribution < 1.29 is 31.8 Å². The molecule has 2 aliphatic rings. The van der Waals surface area contributed by atoms with Gasteiger partial charge in [0.25, 0.3) is 11.6 Å². The fourth-order valence-corrected chi connectivity index (χ4v) is 4.22. The summed E-state index contributed by atoms with van der Waals surface area (Å²) in [6, 6.07) is 13.9. The zero-order chi connectivity index (χ0) is 24.3. The van der Waals surface area contributed by atoms with Gasteiger partial charge in [0, 0.05) is 47.1 Å². The Hall–Kier alpha value is -3.69. The Bertz CT molecular complexity index is 1170. The van der Waals surface area contributed by atoms with Crippen molar-refractivity contribution in [2.24, 2.45) is 0 Å². The van der Waals surface area contributed by atoms with Crippen LogP contribution in [0.4, 0.5) is 18.6 Å². The summed E-state index contributed by atoms with van der Waals surface area (Å²) in [4.78, 5) is 27.2. The van der Waals surface area contributed by atoms with Crippen molar-refractivity contribution in [3.05, 3.63) is 89.4 Å². The van der Waals surface area contributed by atoms with Crippen molar-refractivity contribution >= 4 is 30.7 Å². The largest absolute Gasteiger partial charge is 1.00 e. The van der Waals surface area contributed by atoms with Crippen LogP contribution in [-0.2, 0) is 15.0 Å². The Kier molecular flexibility index (Phi) is 8.20. The fourth-order valence-electron chi connectivity index (χ4n) is 4.22. The Balaban J connectivity index is 0.000000758. The zero-order valence-electron chi connectivity index (χ0n) is 19.2. The van der Waals surface area contributed by atoms with Crippen LogP contribution < -0.4 is 19.5 Å². The van der Waals surface area contributed by atoms with Crippen LogP contribution >= 0.6 is 0 Å². The van der Waals surface area contributed by atoms with Gasteiger partial charge in [0.1, 0.15) is 0 Å². The van der Waals surface area contributed by atoms with Gasteiger partial charge in [-0.3, -0.25) is 27.9 Å². The molecule has 2 aliphatic heterocycles. The highest BCUT2D eigenvalue weighted by atomic mass is 19.4. The minimum Gasteiger partial charge on any atom is -1.00 e. The molecule has 0 atom stereocenters. The second kappa shape index (κ2) is 10.5. The van der Waals surface area contributed by atoms with Crippen LogP contribution in [0.2, 0.25) is 0 Å². The molecule has 1 N–H and O–H groups in total. The average molecular weight is 473 g/mol. The molecule has 5 nitrogen and oxygen atoms in total. The van der Waals surface area contributed by atoms with E-state index in [-0.39, 0.29) is 21.9 Å². The number of hydrogen-bond acceptors (Lipinski definition) is 3. The second-order valence-electron chi connectivity index (χ2n) is 8.12. The number of para-hydroxylation sites is 1. The summed E-state index contributed by atoms with van der Waals surface area (Å²) in [5, 5.41) is 2.47. The molecule has 0 saturated heterocycles. The zero-order valence-corrected chi connectivity index (χ0v) is 19.2. The number of halogens is 4. The number of imide groups is 1. The van der Waals surface area contributed by atoms with Crippen LogP contribution in [-0.4, -0.2) is 26.4 Å². The number of likely N-dealkylation sites (N-methyl/N-ethyl adjacent to an activating group) is 1. The third-order valence-corrected chi connectivity index (χ3v) is 5.77. The van der Waals surface area contributed by atoms with Crippen LogP contribution in [0.1, 0.15) is 26.3 Å². The van der Waals surface area contributed by atoms with Crippen LogP contribution in [0.25, 0.3) is 5.70 Å². The SMILES string of the molecule is CC1=C([n+]2ccccc2)C(=O)NC(=O)/C1=C/C=C1\N(C)c2ccccc2C1(C)C.FB(F)F.[F-]. The van der Waals surface area contributed by atoms with Gasteiger partial charge in [0.15, 0.2) is 12.4 Å². The van der Waals surface area contributed by atoms with E-state index < -0.39 is 7.54 Å². The lowest BCUT2D eigenvalue weighted by atomic mass is 9.83. The number of benzene rings is 1. The molecular weight excluding hydrogens is 449 g/mol.